The van der Waals surface area contributed by atoms with Crippen LogP contribution in [0.4, 0.5) is 20.2 Å². The molecule has 0 saturated heterocycles. The molecule has 3 aliphatic rings. The topological polar surface area (TPSA) is 31.1 Å². The second-order valence-corrected chi connectivity index (χ2v) is 7.35. The predicted molar refractivity (Wildman–Crippen MR) is 106 cm³/mol. The van der Waals surface area contributed by atoms with E-state index in [1.54, 1.807) is 6.07 Å². The van der Waals surface area contributed by atoms with Gasteiger partial charge in [0.1, 0.15) is 11.5 Å². The summed E-state index contributed by atoms with van der Waals surface area (Å²) in [5.41, 5.74) is 10.6. The van der Waals surface area contributed by atoms with Gasteiger partial charge in [-0.3, -0.25) is 5.43 Å². The highest BCUT2D eigenvalue weighted by molar-refractivity contribution is 6.11. The van der Waals surface area contributed by atoms with Crippen LogP contribution in [0.1, 0.15) is 35.2 Å². The average Bonchev–Trinajstić information content (AvgIpc) is 3.07. The van der Waals surface area contributed by atoms with Gasteiger partial charge in [0, 0.05) is 22.2 Å². The van der Waals surface area contributed by atoms with Crippen LogP contribution in [0.2, 0.25) is 0 Å². The number of anilines is 2. The number of fused-ring (bicyclic) bond motifs is 10. The maximum atomic E-state index is 15.2. The molecule has 2 heterocycles. The molecule has 2 aliphatic carbocycles. The third-order valence-electron chi connectivity index (χ3n) is 5.86. The molecule has 0 fully saturated rings. The molecule has 0 spiro atoms. The predicted octanol–water partition coefficient (Wildman–Crippen LogP) is 5.92. The summed E-state index contributed by atoms with van der Waals surface area (Å²) in [7, 11) is 0. The highest BCUT2D eigenvalue weighted by atomic mass is 19.2. The summed E-state index contributed by atoms with van der Waals surface area (Å²) in [6.45, 7) is 0. The first-order valence-electron chi connectivity index (χ1n) is 9.31. The molecule has 2 aromatic carbocycles. The Morgan fingerprint density at radius 3 is 2.70 bits per heavy atom. The van der Waals surface area contributed by atoms with Crippen LogP contribution in [-0.2, 0) is 12.8 Å². The molecule has 27 heavy (non-hydrogen) atoms. The number of allylic oxidation sites excluding steroid dienone is 2. The Morgan fingerprint density at radius 2 is 1.81 bits per heavy atom. The highest BCUT2D eigenvalue weighted by Crippen LogP contribution is 2.51. The number of aromatic nitrogens is 1. The van der Waals surface area contributed by atoms with Crippen LogP contribution in [0.25, 0.3) is 34.2 Å². The fourth-order valence-corrected chi connectivity index (χ4v) is 4.76. The Balaban J connectivity index is 1.82. The van der Waals surface area contributed by atoms with Crippen molar-refractivity contribution < 1.29 is 8.87 Å². The number of halogens is 2. The van der Waals surface area contributed by atoms with Gasteiger partial charge in [0.2, 0.25) is 0 Å². The van der Waals surface area contributed by atoms with E-state index in [2.05, 4.69) is 34.7 Å². The van der Waals surface area contributed by atoms with Crippen molar-refractivity contribution in [1.29, 1.82) is 0 Å². The molecule has 0 bridgehead atoms. The van der Waals surface area contributed by atoms with Crippen LogP contribution in [0.15, 0.2) is 30.4 Å². The molecule has 1 aliphatic heterocycles. The lowest BCUT2D eigenvalue weighted by atomic mass is 9.83. The van der Waals surface area contributed by atoms with E-state index in [-0.39, 0.29) is 5.82 Å². The second-order valence-electron chi connectivity index (χ2n) is 7.35. The number of hydrogen-bond acceptors (Lipinski definition) is 2. The fourth-order valence-electron chi connectivity index (χ4n) is 4.76. The van der Waals surface area contributed by atoms with Crippen molar-refractivity contribution in [3.8, 4) is 11.1 Å². The maximum absolute atomic E-state index is 15.2. The van der Waals surface area contributed by atoms with Crippen LogP contribution >= 0.6 is 0 Å². The SMILES string of the molecule is Fc1ccc2c(c1)-c1c3c(c4c5c([nH]c4c1N(F)N2)C=CCC5)CCC=C3. The van der Waals surface area contributed by atoms with Gasteiger partial charge in [-0.2, -0.15) is 0 Å². The molecule has 3 nitrogen and oxygen atoms in total. The Hall–Kier alpha value is -3.08. The third kappa shape index (κ3) is 1.94. The lowest BCUT2D eigenvalue weighted by Gasteiger charge is -2.31. The Labute approximate surface area is 154 Å². The summed E-state index contributed by atoms with van der Waals surface area (Å²) in [5, 5.41) is 1.71. The molecule has 0 amide bonds. The standard InChI is InChI=1S/C22H17F2N3/c23-12-9-10-18-16(11-12)20-14-6-2-1-5-13(14)19-15-7-3-4-8-17(15)25-21(19)22(20)27(24)26-18/h2,4,6,8-11,25-26H,1,3,5,7H2. The average molecular weight is 361 g/mol. The minimum Gasteiger partial charge on any atom is -0.353 e. The van der Waals surface area contributed by atoms with Crippen LogP contribution in [0.3, 0.4) is 0 Å². The summed E-state index contributed by atoms with van der Waals surface area (Å²) in [4.78, 5) is 3.44. The molecule has 0 radical (unpaired) electrons. The van der Waals surface area contributed by atoms with Crippen LogP contribution in [0.5, 0.6) is 0 Å². The molecular formula is C22H17F2N3. The molecule has 134 valence electrons. The first-order valence-corrected chi connectivity index (χ1v) is 9.31. The second kappa shape index (κ2) is 5.22. The number of H-pyrrole nitrogens is 1. The largest absolute Gasteiger partial charge is 0.353 e. The smallest absolute Gasteiger partial charge is 0.126 e. The van der Waals surface area contributed by atoms with E-state index in [1.807, 2.05) is 0 Å². The van der Waals surface area contributed by atoms with Crippen molar-refractivity contribution in [2.24, 2.45) is 0 Å². The van der Waals surface area contributed by atoms with Gasteiger partial charge in [-0.05, 0) is 66.6 Å². The van der Waals surface area contributed by atoms with Gasteiger partial charge in [-0.1, -0.05) is 22.7 Å². The molecule has 1 aromatic heterocycles. The maximum Gasteiger partial charge on any atom is 0.126 e. The quantitative estimate of drug-likeness (QED) is 0.487. The van der Waals surface area contributed by atoms with E-state index in [4.69, 9.17) is 0 Å². The summed E-state index contributed by atoms with van der Waals surface area (Å²) in [6, 6.07) is 4.43. The molecule has 3 aromatic rings. The Morgan fingerprint density at radius 1 is 1.00 bits per heavy atom. The zero-order valence-corrected chi connectivity index (χ0v) is 14.6. The summed E-state index contributed by atoms with van der Waals surface area (Å²) in [5.74, 6) is -0.323. The molecule has 0 saturated carbocycles. The van der Waals surface area contributed by atoms with E-state index in [0.29, 0.717) is 22.2 Å². The van der Waals surface area contributed by atoms with Gasteiger partial charge in [-0.25, -0.2) is 4.39 Å². The van der Waals surface area contributed by atoms with Crippen LogP contribution < -0.4 is 10.7 Å². The van der Waals surface area contributed by atoms with E-state index in [9.17, 15) is 4.39 Å². The van der Waals surface area contributed by atoms with Crippen molar-refractivity contribution in [3.05, 3.63) is 58.6 Å². The summed E-state index contributed by atoms with van der Waals surface area (Å²) >= 11 is 0. The number of nitrogens with one attached hydrogen (secondary N) is 2. The monoisotopic (exact) mass is 361 g/mol. The lowest BCUT2D eigenvalue weighted by molar-refractivity contribution is 0.472. The van der Waals surface area contributed by atoms with Gasteiger partial charge in [0.15, 0.2) is 0 Å². The zero-order chi connectivity index (χ0) is 18.1. The highest BCUT2D eigenvalue weighted by Gasteiger charge is 2.32. The van der Waals surface area contributed by atoms with Crippen molar-refractivity contribution in [1.82, 2.24) is 4.98 Å². The Kier molecular flexibility index (Phi) is 2.91. The number of rotatable bonds is 0. The van der Waals surface area contributed by atoms with E-state index < -0.39 is 0 Å². The number of nitrogens with zero attached hydrogens (tertiary/aromatic N) is 1. The first-order chi connectivity index (χ1) is 13.2. The summed E-state index contributed by atoms with van der Waals surface area (Å²) in [6.07, 6.45) is 12.2. The lowest BCUT2D eigenvalue weighted by Crippen LogP contribution is -2.26. The van der Waals surface area contributed by atoms with E-state index in [0.717, 1.165) is 53.4 Å². The van der Waals surface area contributed by atoms with Gasteiger partial charge in [0.05, 0.1) is 11.2 Å². The zero-order valence-electron chi connectivity index (χ0n) is 14.6. The van der Waals surface area contributed by atoms with Crippen molar-refractivity contribution in [2.45, 2.75) is 25.7 Å². The molecule has 2 N–H and O–H groups in total. The van der Waals surface area contributed by atoms with E-state index in [1.165, 1.54) is 23.3 Å². The van der Waals surface area contributed by atoms with Gasteiger partial charge in [0.25, 0.3) is 0 Å². The van der Waals surface area contributed by atoms with Crippen LogP contribution in [0, 0.1) is 5.82 Å². The number of hydrazine groups is 1. The van der Waals surface area contributed by atoms with Crippen molar-refractivity contribution in [3.63, 3.8) is 0 Å². The van der Waals surface area contributed by atoms with Gasteiger partial charge in [-0.15, -0.1) is 5.23 Å². The minimum absolute atomic E-state index is 0.323. The van der Waals surface area contributed by atoms with Gasteiger partial charge >= 0.3 is 0 Å². The number of hydrogen-bond donors (Lipinski definition) is 2. The normalized spacial score (nSPS) is 16.6. The minimum atomic E-state index is -0.323. The molecule has 0 unspecified atom stereocenters. The molecule has 0 atom stereocenters. The molecule has 6 rings (SSSR count). The number of aromatic amines is 1. The Bertz CT molecular complexity index is 1190. The van der Waals surface area contributed by atoms with Gasteiger partial charge < -0.3 is 4.98 Å². The van der Waals surface area contributed by atoms with Crippen LogP contribution in [-0.4, -0.2) is 4.98 Å². The van der Waals surface area contributed by atoms with Crippen molar-refractivity contribution in [2.75, 3.05) is 10.7 Å². The fraction of sp³-hybridized carbons (Fsp3) is 0.182. The van der Waals surface area contributed by atoms with Crippen molar-refractivity contribution >= 4 is 34.4 Å². The summed E-state index contributed by atoms with van der Waals surface area (Å²) < 4.78 is 29.2. The molecule has 5 heteroatoms. The third-order valence-corrected chi connectivity index (χ3v) is 5.86. The van der Waals surface area contributed by atoms with E-state index >= 15 is 4.48 Å². The number of benzene rings is 2. The number of aryl methyl sites for hydroxylation is 2. The first kappa shape index (κ1) is 15.0. The molecular weight excluding hydrogens is 344 g/mol.